The number of esters is 1. The molecule has 1 aliphatic rings. The van der Waals surface area contributed by atoms with Crippen molar-refractivity contribution in [3.8, 4) is 0 Å². The second-order valence-electron chi connectivity index (χ2n) is 5.22. The molecular formula is C14H21N3O3. The van der Waals surface area contributed by atoms with Gasteiger partial charge in [-0.05, 0) is 26.3 Å². The third-order valence-corrected chi connectivity index (χ3v) is 3.70. The lowest BCUT2D eigenvalue weighted by atomic mass is 10.1. The fourth-order valence-electron chi connectivity index (χ4n) is 2.65. The summed E-state index contributed by atoms with van der Waals surface area (Å²) in [7, 11) is 1.33. The number of carbonyl (C=O) groups is 2. The molecule has 2 rings (SSSR count). The van der Waals surface area contributed by atoms with Crippen molar-refractivity contribution < 1.29 is 14.3 Å². The van der Waals surface area contributed by atoms with E-state index in [1.807, 2.05) is 4.90 Å². The number of carbonyl (C=O) groups excluding carboxylic acids is 2. The number of methoxy groups -OCH3 is 1. The summed E-state index contributed by atoms with van der Waals surface area (Å²) in [5.74, 6) is -0.474. The van der Waals surface area contributed by atoms with Gasteiger partial charge in [-0.1, -0.05) is 0 Å². The second kappa shape index (κ2) is 5.66. The molecule has 1 fully saturated rings. The number of aromatic nitrogens is 1. The van der Waals surface area contributed by atoms with Crippen LogP contribution in [-0.2, 0) is 4.74 Å². The summed E-state index contributed by atoms with van der Waals surface area (Å²) in [5, 5.41) is 3.30. The Balaban J connectivity index is 2.30. The van der Waals surface area contributed by atoms with Crippen molar-refractivity contribution in [2.24, 2.45) is 0 Å². The van der Waals surface area contributed by atoms with Crippen molar-refractivity contribution in [3.63, 3.8) is 0 Å². The Labute approximate surface area is 118 Å². The van der Waals surface area contributed by atoms with E-state index in [9.17, 15) is 9.59 Å². The van der Waals surface area contributed by atoms with E-state index in [4.69, 9.17) is 4.74 Å². The summed E-state index contributed by atoms with van der Waals surface area (Å²) < 4.78 is 4.72. The number of aryl methyl sites for hydroxylation is 1. The number of piperazine rings is 1. The first-order chi connectivity index (χ1) is 9.45. The maximum Gasteiger partial charge on any atom is 0.354 e. The lowest BCUT2D eigenvalue weighted by Crippen LogP contribution is -2.51. The van der Waals surface area contributed by atoms with Crippen LogP contribution < -0.4 is 5.32 Å². The first kappa shape index (κ1) is 14.6. The quantitative estimate of drug-likeness (QED) is 0.787. The van der Waals surface area contributed by atoms with Gasteiger partial charge >= 0.3 is 5.97 Å². The Morgan fingerprint density at radius 3 is 2.65 bits per heavy atom. The molecule has 2 heterocycles. The van der Waals surface area contributed by atoms with E-state index in [-0.39, 0.29) is 11.9 Å². The summed E-state index contributed by atoms with van der Waals surface area (Å²) in [6, 6.07) is 0.285. The second-order valence-corrected chi connectivity index (χ2v) is 5.22. The van der Waals surface area contributed by atoms with E-state index in [0.29, 0.717) is 35.6 Å². The van der Waals surface area contributed by atoms with Gasteiger partial charge < -0.3 is 19.9 Å². The third-order valence-electron chi connectivity index (χ3n) is 3.70. The minimum absolute atomic E-state index is 0.0280. The fourth-order valence-corrected chi connectivity index (χ4v) is 2.65. The summed E-state index contributed by atoms with van der Waals surface area (Å²) in [6.07, 6.45) is 0. The minimum atomic E-state index is -0.446. The number of hydrogen-bond donors (Lipinski definition) is 2. The zero-order valence-corrected chi connectivity index (χ0v) is 12.4. The van der Waals surface area contributed by atoms with Gasteiger partial charge in [0.15, 0.2) is 0 Å². The average molecular weight is 279 g/mol. The van der Waals surface area contributed by atoms with Crippen LogP contribution >= 0.6 is 0 Å². The number of nitrogens with one attached hydrogen (secondary N) is 2. The number of nitrogens with zero attached hydrogens (tertiary/aromatic N) is 1. The van der Waals surface area contributed by atoms with E-state index in [1.54, 1.807) is 13.8 Å². The highest BCUT2D eigenvalue weighted by Crippen LogP contribution is 2.21. The molecule has 1 aliphatic heterocycles. The SMILES string of the molecule is COC(=O)c1[nH]c(C)c(C(=O)N2CCN[C@H](C)C2)c1C. The highest BCUT2D eigenvalue weighted by Gasteiger charge is 2.28. The van der Waals surface area contributed by atoms with Crippen molar-refractivity contribution >= 4 is 11.9 Å². The molecule has 2 N–H and O–H groups in total. The summed E-state index contributed by atoms with van der Waals surface area (Å²) >= 11 is 0. The fraction of sp³-hybridized carbons (Fsp3) is 0.571. The van der Waals surface area contributed by atoms with Crippen molar-refractivity contribution in [1.82, 2.24) is 15.2 Å². The molecule has 1 aromatic heterocycles. The molecule has 20 heavy (non-hydrogen) atoms. The summed E-state index contributed by atoms with van der Waals surface area (Å²) in [6.45, 7) is 7.78. The molecule has 1 atom stereocenters. The van der Waals surface area contributed by atoms with Crippen molar-refractivity contribution in [2.45, 2.75) is 26.8 Å². The molecule has 1 saturated heterocycles. The van der Waals surface area contributed by atoms with E-state index >= 15 is 0 Å². The van der Waals surface area contributed by atoms with E-state index < -0.39 is 5.97 Å². The zero-order valence-electron chi connectivity index (χ0n) is 12.4. The Morgan fingerprint density at radius 2 is 2.05 bits per heavy atom. The van der Waals surface area contributed by atoms with Crippen molar-refractivity contribution in [1.29, 1.82) is 0 Å². The molecule has 0 bridgehead atoms. The molecule has 0 saturated carbocycles. The largest absolute Gasteiger partial charge is 0.464 e. The highest BCUT2D eigenvalue weighted by atomic mass is 16.5. The minimum Gasteiger partial charge on any atom is -0.464 e. The standard InChI is InChI=1S/C14H21N3O3/c1-8-7-17(6-5-15-8)13(18)11-9(2)12(14(19)20-4)16-10(11)3/h8,15-16H,5-7H2,1-4H3/t8-/m1/s1. The maximum atomic E-state index is 12.6. The molecule has 0 spiro atoms. The van der Waals surface area contributed by atoms with Gasteiger partial charge in [0.25, 0.3) is 5.91 Å². The number of hydrogen-bond acceptors (Lipinski definition) is 4. The van der Waals surface area contributed by atoms with Crippen LogP contribution in [0.2, 0.25) is 0 Å². The van der Waals surface area contributed by atoms with Crippen LogP contribution in [0.3, 0.4) is 0 Å². The van der Waals surface area contributed by atoms with Crippen LogP contribution in [0.25, 0.3) is 0 Å². The molecule has 6 heteroatoms. The first-order valence-corrected chi connectivity index (χ1v) is 6.75. The number of ether oxygens (including phenoxy) is 1. The van der Waals surface area contributed by atoms with Crippen LogP contribution in [0.5, 0.6) is 0 Å². The predicted octanol–water partition coefficient (Wildman–Crippen LogP) is 0.852. The molecule has 0 aromatic carbocycles. The van der Waals surface area contributed by atoms with Crippen LogP contribution in [0.1, 0.15) is 39.0 Å². The lowest BCUT2D eigenvalue weighted by Gasteiger charge is -2.32. The first-order valence-electron chi connectivity index (χ1n) is 6.75. The van der Waals surface area contributed by atoms with Gasteiger partial charge in [0, 0.05) is 31.4 Å². The third kappa shape index (κ3) is 2.56. The van der Waals surface area contributed by atoms with Crippen LogP contribution in [0.4, 0.5) is 0 Å². The molecule has 0 unspecified atom stereocenters. The predicted molar refractivity (Wildman–Crippen MR) is 75.0 cm³/mol. The lowest BCUT2D eigenvalue weighted by molar-refractivity contribution is 0.0594. The number of rotatable bonds is 2. The van der Waals surface area contributed by atoms with Crippen LogP contribution in [0, 0.1) is 13.8 Å². The molecular weight excluding hydrogens is 258 g/mol. The maximum absolute atomic E-state index is 12.6. The normalized spacial score (nSPS) is 19.0. The van der Waals surface area contributed by atoms with Gasteiger partial charge in [0.1, 0.15) is 5.69 Å². The molecule has 1 amide bonds. The number of amides is 1. The topological polar surface area (TPSA) is 74.4 Å². The number of H-pyrrole nitrogens is 1. The Bertz CT molecular complexity index is 536. The number of aromatic amines is 1. The monoisotopic (exact) mass is 279 g/mol. The zero-order chi connectivity index (χ0) is 14.9. The molecule has 110 valence electrons. The average Bonchev–Trinajstić information content (AvgIpc) is 2.72. The Hall–Kier alpha value is -1.82. The summed E-state index contributed by atoms with van der Waals surface area (Å²) in [4.78, 5) is 29.1. The smallest absolute Gasteiger partial charge is 0.354 e. The van der Waals surface area contributed by atoms with Gasteiger partial charge in [-0.2, -0.15) is 0 Å². The van der Waals surface area contributed by atoms with Gasteiger partial charge in [0.2, 0.25) is 0 Å². The molecule has 0 radical (unpaired) electrons. The van der Waals surface area contributed by atoms with Crippen LogP contribution in [0.15, 0.2) is 0 Å². The molecule has 6 nitrogen and oxygen atoms in total. The van der Waals surface area contributed by atoms with Gasteiger partial charge in [-0.15, -0.1) is 0 Å². The van der Waals surface area contributed by atoms with E-state index in [2.05, 4.69) is 17.2 Å². The summed E-state index contributed by atoms with van der Waals surface area (Å²) in [5.41, 5.74) is 2.31. The van der Waals surface area contributed by atoms with Crippen molar-refractivity contribution in [2.75, 3.05) is 26.7 Å². The Kier molecular flexibility index (Phi) is 4.13. The molecule has 0 aliphatic carbocycles. The van der Waals surface area contributed by atoms with Gasteiger partial charge in [-0.3, -0.25) is 4.79 Å². The van der Waals surface area contributed by atoms with Gasteiger partial charge in [-0.25, -0.2) is 4.79 Å². The van der Waals surface area contributed by atoms with Gasteiger partial charge in [0.05, 0.1) is 12.7 Å². The van der Waals surface area contributed by atoms with Crippen molar-refractivity contribution in [3.05, 3.63) is 22.5 Å². The van der Waals surface area contributed by atoms with E-state index in [0.717, 1.165) is 6.54 Å². The molecule has 1 aromatic rings. The van der Waals surface area contributed by atoms with Crippen LogP contribution in [-0.4, -0.2) is 54.5 Å². The Morgan fingerprint density at radius 1 is 1.35 bits per heavy atom. The highest BCUT2D eigenvalue weighted by molar-refractivity contribution is 6.01. The van der Waals surface area contributed by atoms with E-state index in [1.165, 1.54) is 7.11 Å².